The van der Waals surface area contributed by atoms with E-state index in [-0.39, 0.29) is 29.7 Å². The number of benzene rings is 3. The molecule has 0 bridgehead atoms. The van der Waals surface area contributed by atoms with E-state index < -0.39 is 0 Å². The van der Waals surface area contributed by atoms with E-state index in [4.69, 9.17) is 5.48 Å². The van der Waals surface area contributed by atoms with Crippen LogP contribution in [0.25, 0.3) is 42.7 Å². The third-order valence-corrected chi connectivity index (χ3v) is 5.65. The van der Waals surface area contributed by atoms with E-state index in [2.05, 4.69) is 34.2 Å². The molecule has 3 heteroatoms. The maximum Gasteiger partial charge on any atom is 0.126 e. The second-order valence-electron chi connectivity index (χ2n) is 6.49. The lowest BCUT2D eigenvalue weighted by Gasteiger charge is -2.08. The zero-order valence-corrected chi connectivity index (χ0v) is 15.7. The number of rotatable bonds is 2. The second kappa shape index (κ2) is 6.29. The maximum atomic E-state index is 8.44. The van der Waals surface area contributed by atoms with Crippen LogP contribution in [0.2, 0.25) is 0 Å². The Kier molecular flexibility index (Phi) is 2.88. The Morgan fingerprint density at radius 3 is 2.48 bits per heavy atom. The third kappa shape index (κ3) is 2.90. The van der Waals surface area contributed by atoms with Crippen LogP contribution in [0.3, 0.4) is 0 Å². The number of aryl methyl sites for hydroxylation is 1. The summed E-state index contributed by atoms with van der Waals surface area (Å²) in [6, 6.07) is 16.0. The highest BCUT2D eigenvalue weighted by molar-refractivity contribution is 7.25. The van der Waals surface area contributed by atoms with Crippen molar-refractivity contribution in [3.8, 4) is 22.5 Å². The van der Waals surface area contributed by atoms with Crippen molar-refractivity contribution in [3.63, 3.8) is 0 Å². The largest absolute Gasteiger partial charge is 0.233 e. The highest BCUT2D eigenvalue weighted by Crippen LogP contribution is 2.36. The molecule has 0 atom stereocenters. The van der Waals surface area contributed by atoms with Gasteiger partial charge in [-0.25, -0.2) is 9.97 Å². The van der Waals surface area contributed by atoms with Crippen LogP contribution in [0.15, 0.2) is 72.7 Å². The van der Waals surface area contributed by atoms with Gasteiger partial charge < -0.3 is 0 Å². The molecule has 2 nitrogen and oxygen atoms in total. The molecular formula is C24H18N2S. The summed E-state index contributed by atoms with van der Waals surface area (Å²) in [6.07, 6.45) is 0. The third-order valence-electron chi connectivity index (χ3n) is 4.52. The minimum atomic E-state index is -0.187. The first-order chi connectivity index (χ1) is 14.8. The van der Waals surface area contributed by atoms with E-state index in [0.717, 1.165) is 5.56 Å². The van der Waals surface area contributed by atoms with Gasteiger partial charge in [0.2, 0.25) is 0 Å². The Hall–Kier alpha value is -3.04. The summed E-state index contributed by atoms with van der Waals surface area (Å²) in [5.41, 5.74) is 2.72. The van der Waals surface area contributed by atoms with Crippen molar-refractivity contribution in [2.75, 3.05) is 0 Å². The number of nitrogens with zero attached hydrogens (tertiary/aromatic N) is 2. The van der Waals surface area contributed by atoms with Crippen LogP contribution < -0.4 is 0 Å². The molecule has 2 aromatic heterocycles. The summed E-state index contributed by atoms with van der Waals surface area (Å²) in [5, 5.41) is 2.44. The molecule has 0 aliphatic carbocycles. The van der Waals surface area contributed by atoms with Crippen molar-refractivity contribution >= 4 is 31.5 Å². The predicted octanol–water partition coefficient (Wildman–Crippen LogP) is 6.80. The van der Waals surface area contributed by atoms with Gasteiger partial charge in [0, 0.05) is 31.3 Å². The molecular weight excluding hydrogens is 348 g/mol. The molecule has 0 spiro atoms. The monoisotopic (exact) mass is 370 g/mol. The topological polar surface area (TPSA) is 25.8 Å². The molecule has 0 amide bonds. The first kappa shape index (κ1) is 12.4. The minimum absolute atomic E-state index is 0.0648. The molecule has 27 heavy (non-hydrogen) atoms. The van der Waals surface area contributed by atoms with E-state index in [9.17, 15) is 0 Å². The zero-order valence-electron chi connectivity index (χ0n) is 18.9. The fourth-order valence-corrected chi connectivity index (χ4v) is 4.44. The van der Waals surface area contributed by atoms with Gasteiger partial charge in [0.15, 0.2) is 0 Å². The van der Waals surface area contributed by atoms with E-state index in [1.165, 1.54) is 20.2 Å². The highest BCUT2D eigenvalue weighted by Gasteiger charge is 2.10. The first-order valence-electron chi connectivity index (χ1n) is 10.7. The van der Waals surface area contributed by atoms with Crippen molar-refractivity contribution in [2.45, 2.75) is 13.8 Å². The van der Waals surface area contributed by atoms with Gasteiger partial charge in [0.05, 0.1) is 16.9 Å². The van der Waals surface area contributed by atoms with Crippen LogP contribution in [0.1, 0.15) is 16.9 Å². The number of hydrogen-bond donors (Lipinski definition) is 0. The molecule has 0 unspecified atom stereocenters. The molecule has 5 rings (SSSR count). The van der Waals surface area contributed by atoms with Crippen molar-refractivity contribution in [3.05, 3.63) is 84.1 Å². The van der Waals surface area contributed by atoms with Crippen LogP contribution in [-0.2, 0) is 0 Å². The lowest BCUT2D eigenvalue weighted by molar-refractivity contribution is 1.06. The molecule has 5 aromatic rings. The zero-order chi connectivity index (χ0) is 21.9. The fourth-order valence-electron chi connectivity index (χ4n) is 3.29. The summed E-state index contributed by atoms with van der Waals surface area (Å²) in [6.45, 7) is 3.42. The number of fused-ring (bicyclic) bond motifs is 3. The Morgan fingerprint density at radius 2 is 1.59 bits per heavy atom. The van der Waals surface area contributed by atoms with Gasteiger partial charge in [-0.3, -0.25) is 0 Å². The molecule has 0 aliphatic rings. The van der Waals surface area contributed by atoms with Gasteiger partial charge >= 0.3 is 0 Å². The Bertz CT molecular complexity index is 1480. The molecule has 0 aliphatic heterocycles. The Balaban J connectivity index is 1.71. The lowest BCUT2D eigenvalue weighted by Crippen LogP contribution is -1.94. The van der Waals surface area contributed by atoms with Crippen molar-refractivity contribution in [1.82, 2.24) is 9.97 Å². The second-order valence-corrected chi connectivity index (χ2v) is 7.58. The normalized spacial score (nSPS) is 13.4. The summed E-state index contributed by atoms with van der Waals surface area (Å²) in [5.74, 6) is 0.530. The van der Waals surface area contributed by atoms with Crippen LogP contribution in [0.5, 0.6) is 0 Å². The summed E-state index contributed by atoms with van der Waals surface area (Å²) in [7, 11) is 0. The SMILES string of the molecule is [2H]c1c([2H])c(C)c([2H])c(-c2cc(-c3ccc4c(c3)sc3ccccc34)nc(C)n2)c1[2H]. The molecule has 0 N–H and O–H groups in total. The lowest BCUT2D eigenvalue weighted by atomic mass is 10.0. The van der Waals surface area contributed by atoms with Crippen molar-refractivity contribution in [1.29, 1.82) is 0 Å². The molecule has 3 aromatic carbocycles. The van der Waals surface area contributed by atoms with E-state index in [0.29, 0.717) is 22.8 Å². The standard InChI is InChI=1S/C24H18N2S/c1-15-6-5-7-17(12-15)21-14-22(26-16(2)25-21)18-10-11-20-19-8-3-4-9-23(19)27-24(20)13-18/h3-14H,1-2H3/i5D,6D,7D,12D. The summed E-state index contributed by atoms with van der Waals surface area (Å²) >= 11 is 1.74. The molecule has 2 heterocycles. The van der Waals surface area contributed by atoms with Gasteiger partial charge in [0.25, 0.3) is 0 Å². The van der Waals surface area contributed by atoms with Crippen molar-refractivity contribution < 1.29 is 5.48 Å². The van der Waals surface area contributed by atoms with Gasteiger partial charge in [-0.15, -0.1) is 11.3 Å². The Morgan fingerprint density at radius 1 is 0.815 bits per heavy atom. The van der Waals surface area contributed by atoms with Gasteiger partial charge in [0.1, 0.15) is 5.82 Å². The highest BCUT2D eigenvalue weighted by atomic mass is 32.1. The van der Waals surface area contributed by atoms with Gasteiger partial charge in [-0.2, -0.15) is 0 Å². The molecule has 0 saturated carbocycles. The average Bonchev–Trinajstić information content (AvgIpc) is 3.14. The minimum Gasteiger partial charge on any atom is -0.233 e. The molecule has 0 radical (unpaired) electrons. The van der Waals surface area contributed by atoms with Crippen LogP contribution in [-0.4, -0.2) is 9.97 Å². The smallest absolute Gasteiger partial charge is 0.126 e. The predicted molar refractivity (Wildman–Crippen MR) is 115 cm³/mol. The average molecular weight is 371 g/mol. The van der Waals surface area contributed by atoms with Crippen LogP contribution in [0.4, 0.5) is 0 Å². The maximum absolute atomic E-state index is 8.44. The molecule has 130 valence electrons. The number of hydrogen-bond acceptors (Lipinski definition) is 3. The summed E-state index contributed by atoms with van der Waals surface area (Å²) in [4.78, 5) is 9.07. The fraction of sp³-hybridized carbons (Fsp3) is 0.0833. The van der Waals surface area contributed by atoms with Gasteiger partial charge in [-0.05, 0) is 38.1 Å². The van der Waals surface area contributed by atoms with Crippen LogP contribution in [0, 0.1) is 13.8 Å². The molecule has 0 saturated heterocycles. The van der Waals surface area contributed by atoms with Gasteiger partial charge in [-0.1, -0.05) is 54.0 Å². The van der Waals surface area contributed by atoms with E-state index in [1.54, 1.807) is 31.3 Å². The van der Waals surface area contributed by atoms with E-state index in [1.807, 2.05) is 18.2 Å². The number of thiophene rings is 1. The molecule has 0 fully saturated rings. The van der Waals surface area contributed by atoms with Crippen molar-refractivity contribution in [2.24, 2.45) is 0 Å². The summed E-state index contributed by atoms with van der Waals surface area (Å²) < 4.78 is 35.2. The van der Waals surface area contributed by atoms with Crippen LogP contribution >= 0.6 is 11.3 Å². The first-order valence-corrected chi connectivity index (χ1v) is 9.51. The van der Waals surface area contributed by atoms with E-state index >= 15 is 0 Å². The number of aromatic nitrogens is 2. The quantitative estimate of drug-likeness (QED) is 0.342. The Labute approximate surface area is 167 Å².